The molecule has 0 aromatic heterocycles. The van der Waals surface area contributed by atoms with Crippen molar-refractivity contribution in [3.8, 4) is 0 Å². The highest BCUT2D eigenvalue weighted by atomic mass is 79.9. The van der Waals surface area contributed by atoms with E-state index in [0.29, 0.717) is 6.04 Å². The van der Waals surface area contributed by atoms with Gasteiger partial charge in [-0.15, -0.1) is 0 Å². The van der Waals surface area contributed by atoms with Crippen molar-refractivity contribution in [2.24, 2.45) is 0 Å². The molecule has 0 amide bonds. The van der Waals surface area contributed by atoms with Gasteiger partial charge in [-0.3, -0.25) is 9.13 Å². The van der Waals surface area contributed by atoms with Crippen molar-refractivity contribution in [3.05, 3.63) is 0 Å². The maximum absolute atomic E-state index is 3.99. The van der Waals surface area contributed by atoms with Crippen molar-refractivity contribution < 1.29 is 0 Å². The first kappa shape index (κ1) is 15.2. The van der Waals surface area contributed by atoms with Crippen molar-refractivity contribution in [2.45, 2.75) is 65.6 Å². The van der Waals surface area contributed by atoms with E-state index in [1.165, 1.54) is 0 Å². The lowest BCUT2D eigenvalue weighted by molar-refractivity contribution is 0.215. The third-order valence-corrected chi connectivity index (χ3v) is 11.1. The van der Waals surface area contributed by atoms with E-state index >= 15 is 0 Å². The van der Waals surface area contributed by atoms with Gasteiger partial charge in [-0.05, 0) is 48.5 Å². The van der Waals surface area contributed by atoms with Crippen molar-refractivity contribution in [3.63, 3.8) is 0 Å². The summed E-state index contributed by atoms with van der Waals surface area (Å²) in [4.78, 5) is 0. The van der Waals surface area contributed by atoms with Crippen molar-refractivity contribution in [1.29, 1.82) is 0 Å². The van der Waals surface area contributed by atoms with Crippen LogP contribution >= 0.6 is 30.6 Å². The highest BCUT2D eigenvalue weighted by Gasteiger charge is 2.57. The van der Waals surface area contributed by atoms with Crippen LogP contribution in [0.3, 0.4) is 0 Å². The third-order valence-electron chi connectivity index (χ3n) is 3.03. The smallest absolute Gasteiger partial charge is 0.288 e. The van der Waals surface area contributed by atoms with Gasteiger partial charge in [-0.2, -0.15) is 0 Å². The zero-order valence-electron chi connectivity index (χ0n) is 11.4. The van der Waals surface area contributed by atoms with Crippen LogP contribution in [0.15, 0.2) is 0 Å². The molecule has 16 heavy (non-hydrogen) atoms. The Morgan fingerprint density at radius 3 is 1.62 bits per heavy atom. The minimum absolute atomic E-state index is 0.193. The van der Waals surface area contributed by atoms with Gasteiger partial charge in [0.2, 0.25) is 0 Å². The quantitative estimate of drug-likeness (QED) is 0.471. The molecule has 0 radical (unpaired) electrons. The summed E-state index contributed by atoms with van der Waals surface area (Å²) in [6, 6.07) is 0.588. The normalized spacial score (nSPS) is 28.7. The predicted octanol–water partition coefficient (Wildman–Crippen LogP) is 3.81. The van der Waals surface area contributed by atoms with E-state index in [1.54, 1.807) is 0 Å². The molecule has 0 bridgehead atoms. The molecule has 96 valence electrons. The van der Waals surface area contributed by atoms with E-state index in [-0.39, 0.29) is 11.1 Å². The summed E-state index contributed by atoms with van der Waals surface area (Å²) in [5, 5.41) is 0. The summed E-state index contributed by atoms with van der Waals surface area (Å²) in [6.45, 7) is 17.2. The molecule has 1 fully saturated rings. The Kier molecular flexibility index (Phi) is 4.10. The second kappa shape index (κ2) is 4.33. The van der Waals surface area contributed by atoms with Gasteiger partial charge in [-0.25, -0.2) is 0 Å². The van der Waals surface area contributed by atoms with Gasteiger partial charge in [0.15, 0.2) is 0 Å². The summed E-state index contributed by atoms with van der Waals surface area (Å²) in [6.07, 6.45) is 0. The molecule has 1 aliphatic heterocycles. The Labute approximate surface area is 117 Å². The summed E-state index contributed by atoms with van der Waals surface area (Å²) < 4.78 is 5.21. The molecule has 1 heterocycles. The summed E-state index contributed by atoms with van der Waals surface area (Å²) in [5.41, 5.74) is -1.45. The van der Waals surface area contributed by atoms with Crippen LogP contribution in [0.1, 0.15) is 48.5 Å². The van der Waals surface area contributed by atoms with Gasteiger partial charge in [0.1, 0.15) is 0 Å². The van der Waals surface area contributed by atoms with Crippen LogP contribution in [-0.2, 0) is 0 Å². The lowest BCUT2D eigenvalue weighted by Crippen LogP contribution is -2.61. The van der Waals surface area contributed by atoms with Gasteiger partial charge in [0.05, 0.1) is 0 Å². The molecule has 0 spiro atoms. The van der Waals surface area contributed by atoms with E-state index in [2.05, 4.69) is 88.2 Å². The molecule has 1 saturated heterocycles. The van der Waals surface area contributed by atoms with E-state index in [4.69, 9.17) is 0 Å². The third kappa shape index (κ3) is 2.74. The number of halogens is 2. The van der Waals surface area contributed by atoms with Crippen LogP contribution in [0.5, 0.6) is 0 Å². The fourth-order valence-corrected chi connectivity index (χ4v) is 14.9. The molecule has 1 rings (SSSR count). The van der Waals surface area contributed by atoms with Crippen LogP contribution < -0.4 is 0 Å². The van der Waals surface area contributed by atoms with Gasteiger partial charge < -0.3 is 0 Å². The standard InChI is InChI=1S/C11H24Br2N2Si/c1-9-8-14(10(2,3)4)16(12,13)15(9)11(5,6)7/h9H,8H2,1-7H3. The molecule has 0 N–H and O–H groups in total. The second-order valence-corrected chi connectivity index (χ2v) is 18.5. The van der Waals surface area contributed by atoms with Gasteiger partial charge >= 0.3 is 5.64 Å². The van der Waals surface area contributed by atoms with E-state index in [1.807, 2.05) is 0 Å². The average Bonchev–Trinajstić information content (AvgIpc) is 2.17. The molecule has 0 aliphatic carbocycles. The minimum atomic E-state index is -1.84. The Hall–Kier alpha value is 1.10. The zero-order valence-corrected chi connectivity index (χ0v) is 15.6. The summed E-state index contributed by atoms with van der Waals surface area (Å²) >= 11 is 7.99. The lowest BCUT2D eigenvalue weighted by Gasteiger charge is -2.45. The lowest BCUT2D eigenvalue weighted by atomic mass is 10.1. The van der Waals surface area contributed by atoms with Crippen molar-refractivity contribution in [2.75, 3.05) is 6.54 Å². The molecule has 0 aromatic rings. The monoisotopic (exact) mass is 370 g/mol. The number of nitrogens with zero attached hydrogens (tertiary/aromatic N) is 2. The summed E-state index contributed by atoms with van der Waals surface area (Å²) in [7, 11) is 0. The maximum atomic E-state index is 3.99. The molecule has 5 heteroatoms. The number of rotatable bonds is 0. The van der Waals surface area contributed by atoms with E-state index < -0.39 is 5.64 Å². The first-order valence-corrected chi connectivity index (χ1v) is 12.2. The molecule has 1 unspecified atom stereocenters. The van der Waals surface area contributed by atoms with Gasteiger partial charge in [0, 0.05) is 23.7 Å². The fraction of sp³-hybridized carbons (Fsp3) is 1.00. The fourth-order valence-electron chi connectivity index (χ4n) is 2.59. The van der Waals surface area contributed by atoms with Crippen molar-refractivity contribution >= 4 is 36.2 Å². The molecule has 1 atom stereocenters. The SMILES string of the molecule is CC1CN(C(C)(C)C)[Si](Br)(Br)N1C(C)(C)C. The minimum Gasteiger partial charge on any atom is -0.288 e. The summed E-state index contributed by atoms with van der Waals surface area (Å²) in [5.74, 6) is 0. The Balaban J connectivity index is 3.09. The van der Waals surface area contributed by atoms with Crippen LogP contribution in [-0.4, -0.2) is 38.4 Å². The van der Waals surface area contributed by atoms with Gasteiger partial charge in [0.25, 0.3) is 0 Å². The van der Waals surface area contributed by atoms with Gasteiger partial charge in [-0.1, -0.05) is 30.6 Å². The molecular formula is C11H24Br2N2Si. The first-order valence-electron chi connectivity index (χ1n) is 5.83. The Morgan fingerprint density at radius 1 is 1.00 bits per heavy atom. The molecule has 0 aromatic carbocycles. The molecule has 2 nitrogen and oxygen atoms in total. The number of hydrogen-bond acceptors (Lipinski definition) is 2. The van der Waals surface area contributed by atoms with Crippen LogP contribution in [0, 0.1) is 0 Å². The highest BCUT2D eigenvalue weighted by molar-refractivity contribution is 9.50. The Bertz CT molecular complexity index is 268. The average molecular weight is 372 g/mol. The molecule has 0 saturated carbocycles. The second-order valence-electron chi connectivity index (χ2n) is 6.68. The molecular weight excluding hydrogens is 348 g/mol. The Morgan fingerprint density at radius 2 is 1.44 bits per heavy atom. The number of hydrogen-bond donors (Lipinski definition) is 0. The van der Waals surface area contributed by atoms with Crippen LogP contribution in [0.2, 0.25) is 0 Å². The van der Waals surface area contributed by atoms with Crippen LogP contribution in [0.25, 0.3) is 0 Å². The largest absolute Gasteiger partial charge is 0.355 e. The topological polar surface area (TPSA) is 6.48 Å². The van der Waals surface area contributed by atoms with Crippen LogP contribution in [0.4, 0.5) is 0 Å². The zero-order chi connectivity index (χ0) is 12.9. The first-order chi connectivity index (χ1) is 6.88. The molecule has 1 aliphatic rings. The maximum Gasteiger partial charge on any atom is 0.355 e. The van der Waals surface area contributed by atoms with E-state index in [0.717, 1.165) is 6.54 Å². The highest BCUT2D eigenvalue weighted by Crippen LogP contribution is 2.44. The van der Waals surface area contributed by atoms with E-state index in [9.17, 15) is 0 Å². The van der Waals surface area contributed by atoms with Crippen molar-refractivity contribution in [1.82, 2.24) is 9.13 Å². The predicted molar refractivity (Wildman–Crippen MR) is 81.1 cm³/mol.